The fourth-order valence-corrected chi connectivity index (χ4v) is 3.53. The topological polar surface area (TPSA) is 84.7 Å². The second-order valence-corrected chi connectivity index (χ2v) is 7.04. The van der Waals surface area contributed by atoms with Gasteiger partial charge in [0.2, 0.25) is 5.91 Å². The standard InChI is InChI=1S/C13H14Cl2N6OS/c1-7-4-12(22)17-13(16-7)23-6-11-18-19-20-21(11)8-2-3-9(14)10(15)5-8/h2-3,5,7,13,16H,4,6H2,1H3,(H,17,22). The van der Waals surface area contributed by atoms with Gasteiger partial charge in [0, 0.05) is 12.5 Å². The van der Waals surface area contributed by atoms with Crippen LogP contribution in [-0.2, 0) is 10.5 Å². The van der Waals surface area contributed by atoms with Crippen molar-refractivity contribution in [1.29, 1.82) is 0 Å². The summed E-state index contributed by atoms with van der Waals surface area (Å²) in [6.07, 6.45) is 0.484. The molecule has 3 rings (SSSR count). The quantitative estimate of drug-likeness (QED) is 0.853. The molecule has 0 bridgehead atoms. The number of halogens is 2. The number of nitrogens with one attached hydrogen (secondary N) is 2. The van der Waals surface area contributed by atoms with E-state index in [2.05, 4.69) is 26.2 Å². The molecule has 0 aliphatic carbocycles. The SMILES string of the molecule is CC1CC(=O)NC(SCc2nnnn2-c2ccc(Cl)c(Cl)c2)N1. The molecule has 2 N–H and O–H groups in total. The van der Waals surface area contributed by atoms with E-state index in [1.807, 2.05) is 6.92 Å². The van der Waals surface area contributed by atoms with Gasteiger partial charge in [0.1, 0.15) is 5.50 Å². The molecule has 2 atom stereocenters. The first-order valence-corrected chi connectivity index (χ1v) is 8.73. The van der Waals surface area contributed by atoms with E-state index >= 15 is 0 Å². The summed E-state index contributed by atoms with van der Waals surface area (Å²) in [5.41, 5.74) is 0.569. The smallest absolute Gasteiger partial charge is 0.223 e. The first-order chi connectivity index (χ1) is 11.0. The van der Waals surface area contributed by atoms with Gasteiger partial charge in [-0.3, -0.25) is 10.1 Å². The second-order valence-electron chi connectivity index (χ2n) is 5.14. The molecule has 0 saturated carbocycles. The molecule has 1 fully saturated rings. The van der Waals surface area contributed by atoms with Gasteiger partial charge in [-0.2, -0.15) is 4.68 Å². The Morgan fingerprint density at radius 3 is 2.96 bits per heavy atom. The average Bonchev–Trinajstić information content (AvgIpc) is 2.95. The van der Waals surface area contributed by atoms with Crippen molar-refractivity contribution in [2.75, 3.05) is 0 Å². The van der Waals surface area contributed by atoms with Gasteiger partial charge in [-0.05, 0) is 35.5 Å². The van der Waals surface area contributed by atoms with Gasteiger partial charge in [0.05, 0.1) is 21.5 Å². The van der Waals surface area contributed by atoms with Crippen LogP contribution in [0.1, 0.15) is 19.2 Å². The van der Waals surface area contributed by atoms with Crippen molar-refractivity contribution in [3.8, 4) is 5.69 Å². The van der Waals surface area contributed by atoms with Gasteiger partial charge in [-0.25, -0.2) is 0 Å². The van der Waals surface area contributed by atoms with Crippen LogP contribution in [0.25, 0.3) is 5.69 Å². The minimum absolute atomic E-state index is 0.0397. The highest BCUT2D eigenvalue weighted by molar-refractivity contribution is 7.99. The number of hydrogen-bond donors (Lipinski definition) is 2. The van der Waals surface area contributed by atoms with Crippen LogP contribution in [0.15, 0.2) is 18.2 Å². The van der Waals surface area contributed by atoms with E-state index in [1.54, 1.807) is 22.9 Å². The van der Waals surface area contributed by atoms with E-state index in [4.69, 9.17) is 23.2 Å². The summed E-state index contributed by atoms with van der Waals surface area (Å²) < 4.78 is 1.60. The van der Waals surface area contributed by atoms with E-state index in [9.17, 15) is 4.79 Å². The van der Waals surface area contributed by atoms with Crippen molar-refractivity contribution in [2.45, 2.75) is 30.6 Å². The molecule has 122 valence electrons. The van der Waals surface area contributed by atoms with Gasteiger partial charge in [0.15, 0.2) is 5.82 Å². The van der Waals surface area contributed by atoms with Gasteiger partial charge < -0.3 is 5.32 Å². The summed E-state index contributed by atoms with van der Waals surface area (Å²) in [4.78, 5) is 11.6. The fourth-order valence-electron chi connectivity index (χ4n) is 2.20. The summed E-state index contributed by atoms with van der Waals surface area (Å²) in [7, 11) is 0. The van der Waals surface area contributed by atoms with E-state index in [0.29, 0.717) is 28.0 Å². The highest BCUT2D eigenvalue weighted by Crippen LogP contribution is 2.25. The Hall–Kier alpha value is -1.35. The third-order valence-corrected chi connectivity index (χ3v) is 5.03. The second kappa shape index (κ2) is 7.04. The number of rotatable bonds is 4. The first-order valence-electron chi connectivity index (χ1n) is 6.92. The van der Waals surface area contributed by atoms with Gasteiger partial charge in [-0.1, -0.05) is 23.2 Å². The van der Waals surface area contributed by atoms with Crippen LogP contribution in [0.4, 0.5) is 0 Å². The lowest BCUT2D eigenvalue weighted by atomic mass is 10.2. The number of aromatic nitrogens is 4. The van der Waals surface area contributed by atoms with Gasteiger partial charge in [0.25, 0.3) is 0 Å². The maximum absolute atomic E-state index is 11.6. The Kier molecular flexibility index (Phi) is 5.05. The molecule has 23 heavy (non-hydrogen) atoms. The molecule has 1 amide bonds. The molecule has 7 nitrogen and oxygen atoms in total. The van der Waals surface area contributed by atoms with Crippen molar-refractivity contribution >= 4 is 40.9 Å². The van der Waals surface area contributed by atoms with Crippen LogP contribution in [-0.4, -0.2) is 37.7 Å². The highest BCUT2D eigenvalue weighted by Gasteiger charge is 2.23. The molecule has 1 aromatic carbocycles. The normalized spacial score (nSPS) is 21.3. The molecule has 1 aliphatic heterocycles. The number of carbonyl (C=O) groups is 1. The number of thioether (sulfide) groups is 1. The molecular weight excluding hydrogens is 359 g/mol. The zero-order valence-electron chi connectivity index (χ0n) is 12.2. The number of carbonyl (C=O) groups excluding carboxylic acids is 1. The number of amides is 1. The maximum atomic E-state index is 11.6. The molecule has 1 aromatic heterocycles. The summed E-state index contributed by atoms with van der Waals surface area (Å²) in [6, 6.07) is 5.34. The van der Waals surface area contributed by atoms with Gasteiger partial charge in [-0.15, -0.1) is 16.9 Å². The van der Waals surface area contributed by atoms with Crippen LogP contribution in [0.3, 0.4) is 0 Å². The highest BCUT2D eigenvalue weighted by atomic mass is 35.5. The lowest BCUT2D eigenvalue weighted by Crippen LogP contribution is -2.53. The predicted molar refractivity (Wildman–Crippen MR) is 89.6 cm³/mol. The lowest BCUT2D eigenvalue weighted by molar-refractivity contribution is -0.123. The summed E-state index contributed by atoms with van der Waals surface area (Å²) in [6.45, 7) is 1.98. The lowest BCUT2D eigenvalue weighted by Gasteiger charge is -2.28. The van der Waals surface area contributed by atoms with Crippen LogP contribution < -0.4 is 10.6 Å². The number of hydrogen-bond acceptors (Lipinski definition) is 6. The Labute approximate surface area is 147 Å². The summed E-state index contributed by atoms with van der Waals surface area (Å²) in [5, 5.41) is 18.8. The molecule has 0 spiro atoms. The third-order valence-electron chi connectivity index (χ3n) is 3.28. The van der Waals surface area contributed by atoms with Crippen molar-refractivity contribution in [1.82, 2.24) is 30.8 Å². The number of tetrazole rings is 1. The molecule has 2 aromatic rings. The Morgan fingerprint density at radius 2 is 2.22 bits per heavy atom. The van der Waals surface area contributed by atoms with E-state index < -0.39 is 0 Å². The average molecular weight is 373 g/mol. The minimum atomic E-state index is -0.162. The zero-order chi connectivity index (χ0) is 16.4. The van der Waals surface area contributed by atoms with Crippen molar-refractivity contribution in [2.24, 2.45) is 0 Å². The molecule has 0 radical (unpaired) electrons. The minimum Gasteiger partial charge on any atom is -0.332 e. The Bertz CT molecular complexity index is 724. The molecule has 1 aliphatic rings. The largest absolute Gasteiger partial charge is 0.332 e. The number of benzene rings is 1. The van der Waals surface area contributed by atoms with Gasteiger partial charge >= 0.3 is 0 Å². The molecular formula is C13H14Cl2N6OS. The van der Waals surface area contributed by atoms with Crippen LogP contribution >= 0.6 is 35.0 Å². The monoisotopic (exact) mass is 372 g/mol. The Morgan fingerprint density at radius 1 is 1.39 bits per heavy atom. The van der Waals surface area contributed by atoms with E-state index in [1.165, 1.54) is 11.8 Å². The van der Waals surface area contributed by atoms with Crippen molar-refractivity contribution < 1.29 is 4.79 Å². The zero-order valence-corrected chi connectivity index (χ0v) is 14.5. The van der Waals surface area contributed by atoms with Crippen LogP contribution in [0.5, 0.6) is 0 Å². The fraction of sp³-hybridized carbons (Fsp3) is 0.385. The molecule has 1 saturated heterocycles. The molecule has 10 heteroatoms. The van der Waals surface area contributed by atoms with Crippen molar-refractivity contribution in [3.63, 3.8) is 0 Å². The summed E-state index contributed by atoms with van der Waals surface area (Å²) in [5.74, 6) is 1.22. The predicted octanol–water partition coefficient (Wildman–Crippen LogP) is 1.98. The van der Waals surface area contributed by atoms with E-state index in [-0.39, 0.29) is 17.4 Å². The molecule has 2 unspecified atom stereocenters. The first kappa shape index (κ1) is 16.5. The Balaban J connectivity index is 1.71. The van der Waals surface area contributed by atoms with Crippen LogP contribution in [0.2, 0.25) is 10.0 Å². The molecule has 2 heterocycles. The third kappa shape index (κ3) is 3.95. The van der Waals surface area contributed by atoms with E-state index in [0.717, 1.165) is 5.69 Å². The summed E-state index contributed by atoms with van der Waals surface area (Å²) >= 11 is 13.5. The van der Waals surface area contributed by atoms with Crippen molar-refractivity contribution in [3.05, 3.63) is 34.1 Å². The number of nitrogens with zero attached hydrogens (tertiary/aromatic N) is 4. The maximum Gasteiger partial charge on any atom is 0.223 e. The van der Waals surface area contributed by atoms with Crippen LogP contribution in [0, 0.1) is 0 Å².